The van der Waals surface area contributed by atoms with Gasteiger partial charge in [-0.05, 0) is 78.6 Å². The molecule has 0 aliphatic carbocycles. The highest BCUT2D eigenvalue weighted by Gasteiger charge is 2.38. The molecule has 0 amide bonds. The van der Waals surface area contributed by atoms with Crippen LogP contribution in [0.2, 0.25) is 10.0 Å². The molecule has 0 saturated carbocycles. The Morgan fingerprint density at radius 2 is 1.23 bits per heavy atom. The molecule has 11 heteroatoms. The Hall–Kier alpha value is -4.21. The van der Waals surface area contributed by atoms with Crippen LogP contribution in [0.15, 0.2) is 84.9 Å². The first-order chi connectivity index (χ1) is 21.2. The van der Waals surface area contributed by atoms with Crippen LogP contribution in [0, 0.1) is 26.0 Å². The van der Waals surface area contributed by atoms with E-state index in [0.717, 1.165) is 25.9 Å². The second-order valence-corrected chi connectivity index (χ2v) is 12.1. The lowest BCUT2D eigenvalue weighted by Gasteiger charge is -2.36. The van der Waals surface area contributed by atoms with Crippen LogP contribution in [0.25, 0.3) is 0 Å². The van der Waals surface area contributed by atoms with Crippen LogP contribution >= 0.6 is 23.2 Å². The molecular formula is C33H29Cl2FN4O4. The van der Waals surface area contributed by atoms with Crippen LogP contribution in [-0.4, -0.2) is 22.9 Å². The first-order valence-electron chi connectivity index (χ1n) is 14.5. The summed E-state index contributed by atoms with van der Waals surface area (Å²) in [6.45, 7) is 1.46. The number of halogens is 3. The van der Waals surface area contributed by atoms with Gasteiger partial charge in [-0.15, -0.1) is 0 Å². The molecule has 0 N–H and O–H groups in total. The van der Waals surface area contributed by atoms with Crippen molar-refractivity contribution in [3.8, 4) is 0 Å². The summed E-state index contributed by atoms with van der Waals surface area (Å²) in [6.07, 6.45) is 3.00. The topological polar surface area (TPSA) is 92.8 Å². The minimum Gasteiger partial charge on any atom is -0.369 e. The molecule has 0 aromatic heterocycles. The van der Waals surface area contributed by atoms with Crippen LogP contribution in [0.5, 0.6) is 0 Å². The van der Waals surface area contributed by atoms with Crippen molar-refractivity contribution in [2.45, 2.75) is 43.7 Å². The van der Waals surface area contributed by atoms with Gasteiger partial charge in [-0.1, -0.05) is 65.7 Å². The van der Waals surface area contributed by atoms with E-state index in [2.05, 4.69) is 17.0 Å². The molecule has 2 atom stereocenters. The first-order valence-corrected chi connectivity index (χ1v) is 15.2. The number of hydrogen-bond acceptors (Lipinski definition) is 6. The number of nitro groups is 2. The average Bonchev–Trinajstić information content (AvgIpc) is 3.47. The van der Waals surface area contributed by atoms with Gasteiger partial charge >= 0.3 is 0 Å². The summed E-state index contributed by atoms with van der Waals surface area (Å²) >= 11 is 12.2. The van der Waals surface area contributed by atoms with Crippen molar-refractivity contribution < 1.29 is 14.2 Å². The Balaban J connectivity index is 1.34. The summed E-state index contributed by atoms with van der Waals surface area (Å²) in [5, 5.41) is 23.4. The lowest BCUT2D eigenvalue weighted by atomic mass is 9.89. The van der Waals surface area contributed by atoms with Gasteiger partial charge in [0.05, 0.1) is 27.6 Å². The van der Waals surface area contributed by atoms with Crippen molar-refractivity contribution in [2.24, 2.45) is 0 Å². The van der Waals surface area contributed by atoms with E-state index in [1.54, 1.807) is 18.2 Å². The summed E-state index contributed by atoms with van der Waals surface area (Å²) in [4.78, 5) is 26.4. The van der Waals surface area contributed by atoms with E-state index >= 15 is 4.39 Å². The Kier molecular flexibility index (Phi) is 8.42. The van der Waals surface area contributed by atoms with Crippen LogP contribution in [-0.2, 0) is 0 Å². The SMILES string of the molecule is O=[N+]([O-])c1cc([C@H]2CC[C@H](c3ccc(Cl)c([N+](=O)[O-])c3)N2c2ccc(N3CCC(c4ccccc4)CC3)c(F)c2)ccc1Cl. The number of hydrogen-bond donors (Lipinski definition) is 0. The summed E-state index contributed by atoms with van der Waals surface area (Å²) < 4.78 is 15.9. The Bertz CT molecular complexity index is 1640. The van der Waals surface area contributed by atoms with E-state index < -0.39 is 9.85 Å². The van der Waals surface area contributed by atoms with Gasteiger partial charge in [0.1, 0.15) is 15.9 Å². The molecule has 226 valence electrons. The first kappa shape index (κ1) is 29.8. The molecule has 2 heterocycles. The number of rotatable bonds is 7. The monoisotopic (exact) mass is 634 g/mol. The van der Waals surface area contributed by atoms with Gasteiger partial charge in [0.15, 0.2) is 0 Å². The highest BCUT2D eigenvalue weighted by atomic mass is 35.5. The minimum absolute atomic E-state index is 0.0274. The Morgan fingerprint density at radius 3 is 1.73 bits per heavy atom. The lowest BCUT2D eigenvalue weighted by molar-refractivity contribution is -0.384. The zero-order valence-corrected chi connectivity index (χ0v) is 25.1. The predicted molar refractivity (Wildman–Crippen MR) is 170 cm³/mol. The zero-order valence-electron chi connectivity index (χ0n) is 23.6. The van der Waals surface area contributed by atoms with E-state index in [4.69, 9.17) is 23.2 Å². The lowest BCUT2D eigenvalue weighted by Crippen LogP contribution is -2.33. The van der Waals surface area contributed by atoms with Gasteiger partial charge in [-0.2, -0.15) is 0 Å². The number of nitro benzene ring substituents is 2. The van der Waals surface area contributed by atoms with Crippen LogP contribution < -0.4 is 9.80 Å². The maximum absolute atomic E-state index is 15.9. The minimum atomic E-state index is -0.527. The predicted octanol–water partition coefficient (Wildman–Crippen LogP) is 9.42. The molecule has 6 rings (SSSR count). The van der Waals surface area contributed by atoms with E-state index in [1.165, 1.54) is 35.9 Å². The summed E-state index contributed by atoms with van der Waals surface area (Å²) in [6, 6.07) is 24.2. The number of nitrogens with zero attached hydrogens (tertiary/aromatic N) is 4. The van der Waals surface area contributed by atoms with Crippen LogP contribution in [0.3, 0.4) is 0 Å². The van der Waals surface area contributed by atoms with Crippen molar-refractivity contribution in [1.29, 1.82) is 0 Å². The quantitative estimate of drug-likeness (QED) is 0.148. The van der Waals surface area contributed by atoms with Gasteiger partial charge in [0.25, 0.3) is 11.4 Å². The number of benzene rings is 4. The highest BCUT2D eigenvalue weighted by Crippen LogP contribution is 2.49. The van der Waals surface area contributed by atoms with E-state index in [-0.39, 0.29) is 39.3 Å². The second-order valence-electron chi connectivity index (χ2n) is 11.3. The third kappa shape index (κ3) is 5.81. The van der Waals surface area contributed by atoms with E-state index in [0.29, 0.717) is 41.3 Å². The normalized spacial score (nSPS) is 18.9. The van der Waals surface area contributed by atoms with Gasteiger partial charge in [0.2, 0.25) is 0 Å². The van der Waals surface area contributed by atoms with Crippen molar-refractivity contribution >= 4 is 46.0 Å². The Morgan fingerprint density at radius 1 is 0.682 bits per heavy atom. The molecule has 2 aliphatic rings. The number of piperidine rings is 1. The maximum Gasteiger partial charge on any atom is 0.288 e. The molecular weight excluding hydrogens is 606 g/mol. The van der Waals surface area contributed by atoms with E-state index in [1.807, 2.05) is 29.2 Å². The third-order valence-electron chi connectivity index (χ3n) is 8.82. The summed E-state index contributed by atoms with van der Waals surface area (Å²) in [7, 11) is 0. The summed E-state index contributed by atoms with van der Waals surface area (Å²) in [5.74, 6) is 0.0713. The van der Waals surface area contributed by atoms with Crippen LogP contribution in [0.1, 0.15) is 60.4 Å². The molecule has 2 fully saturated rings. The molecule has 4 aromatic carbocycles. The maximum atomic E-state index is 15.9. The molecule has 2 aliphatic heterocycles. The molecule has 8 nitrogen and oxygen atoms in total. The fraction of sp³-hybridized carbons (Fsp3) is 0.273. The largest absolute Gasteiger partial charge is 0.369 e. The molecule has 0 bridgehead atoms. The molecule has 44 heavy (non-hydrogen) atoms. The Labute approximate surface area is 263 Å². The molecule has 0 radical (unpaired) electrons. The molecule has 2 saturated heterocycles. The number of anilines is 2. The second kappa shape index (κ2) is 12.4. The highest BCUT2D eigenvalue weighted by molar-refractivity contribution is 6.33. The molecule has 4 aromatic rings. The van der Waals surface area contributed by atoms with Gasteiger partial charge < -0.3 is 9.80 Å². The van der Waals surface area contributed by atoms with Gasteiger partial charge in [-0.3, -0.25) is 20.2 Å². The van der Waals surface area contributed by atoms with Crippen molar-refractivity contribution in [2.75, 3.05) is 22.9 Å². The fourth-order valence-corrected chi connectivity index (χ4v) is 7.04. The smallest absolute Gasteiger partial charge is 0.288 e. The van der Waals surface area contributed by atoms with Gasteiger partial charge in [0, 0.05) is 30.9 Å². The zero-order chi connectivity index (χ0) is 31.0. The van der Waals surface area contributed by atoms with Crippen molar-refractivity contribution in [1.82, 2.24) is 0 Å². The molecule has 0 unspecified atom stereocenters. The molecule has 0 spiro atoms. The van der Waals surface area contributed by atoms with Gasteiger partial charge in [-0.25, -0.2) is 4.39 Å². The third-order valence-corrected chi connectivity index (χ3v) is 9.46. The fourth-order valence-electron chi connectivity index (χ4n) is 6.67. The summed E-state index contributed by atoms with van der Waals surface area (Å²) in [5.41, 5.74) is 3.29. The van der Waals surface area contributed by atoms with E-state index in [9.17, 15) is 20.2 Å². The van der Waals surface area contributed by atoms with Crippen molar-refractivity contribution in [3.63, 3.8) is 0 Å². The average molecular weight is 636 g/mol. The van der Waals surface area contributed by atoms with Crippen molar-refractivity contribution in [3.05, 3.63) is 138 Å². The standard InChI is InChI=1S/C33H29Cl2FN4O4/c34-26-9-6-23(18-32(26)39(41)42)29-12-13-30(24-7-10-27(35)33(19-24)40(43)44)38(29)25-8-11-31(28(36)20-25)37-16-14-22(15-17-37)21-4-2-1-3-5-21/h1-11,18-20,22,29-30H,12-17H2/t29-,30-/m1/s1. The van der Waals surface area contributed by atoms with Crippen LogP contribution in [0.4, 0.5) is 27.1 Å².